The number of aliphatic imine (C=N–C) groups is 1. The number of nitrogens with one attached hydrogen (secondary N) is 1. The number of guanidine groups is 1. The third kappa shape index (κ3) is 8.13. The first-order chi connectivity index (χ1) is 17.0. The zero-order chi connectivity index (χ0) is 26.8. The number of benzene rings is 1. The molecular formula is C26H38FN5O4. The molecule has 5 N–H and O–H groups in total. The van der Waals surface area contributed by atoms with E-state index in [-0.39, 0.29) is 41.3 Å². The van der Waals surface area contributed by atoms with Crippen LogP contribution in [0.2, 0.25) is 0 Å². The molecule has 1 aliphatic rings. The molecule has 1 heterocycles. The van der Waals surface area contributed by atoms with Crippen molar-refractivity contribution in [2.75, 3.05) is 13.1 Å². The van der Waals surface area contributed by atoms with Crippen LogP contribution in [0.3, 0.4) is 0 Å². The SMILES string of the molecule is CCC(=O)[C@H](CCCN=C(N)N)CC(=O)[C@@H]1CCCN1C(=O)[C@@H](NC(=O)c1ccc(F)cc1)C(C)C. The maximum Gasteiger partial charge on any atom is 0.251 e. The molecular weight excluding hydrogens is 465 g/mol. The molecule has 0 bridgehead atoms. The van der Waals surface area contributed by atoms with E-state index in [1.807, 2.05) is 13.8 Å². The number of carbonyl (C=O) groups excluding carboxylic acids is 4. The summed E-state index contributed by atoms with van der Waals surface area (Å²) in [6.07, 6.45) is 2.60. The van der Waals surface area contributed by atoms with E-state index < -0.39 is 29.7 Å². The van der Waals surface area contributed by atoms with Crippen LogP contribution in [0.15, 0.2) is 29.3 Å². The van der Waals surface area contributed by atoms with E-state index in [1.165, 1.54) is 29.2 Å². The second-order valence-electron chi connectivity index (χ2n) is 9.53. The molecule has 0 spiro atoms. The van der Waals surface area contributed by atoms with Gasteiger partial charge in [-0.1, -0.05) is 20.8 Å². The summed E-state index contributed by atoms with van der Waals surface area (Å²) in [6, 6.07) is 3.60. The van der Waals surface area contributed by atoms with Gasteiger partial charge < -0.3 is 21.7 Å². The maximum absolute atomic E-state index is 13.5. The first-order valence-corrected chi connectivity index (χ1v) is 12.5. The third-order valence-electron chi connectivity index (χ3n) is 6.49. The first kappa shape index (κ1) is 28.9. The van der Waals surface area contributed by atoms with Crippen LogP contribution in [-0.2, 0) is 14.4 Å². The molecule has 2 rings (SSSR count). The fourth-order valence-electron chi connectivity index (χ4n) is 4.47. The van der Waals surface area contributed by atoms with Crippen molar-refractivity contribution in [1.29, 1.82) is 0 Å². The number of ketones is 2. The van der Waals surface area contributed by atoms with Crippen LogP contribution >= 0.6 is 0 Å². The number of nitrogens with two attached hydrogens (primary N) is 2. The van der Waals surface area contributed by atoms with Crippen molar-refractivity contribution in [3.05, 3.63) is 35.6 Å². The highest BCUT2D eigenvalue weighted by molar-refractivity contribution is 5.99. The summed E-state index contributed by atoms with van der Waals surface area (Å²) >= 11 is 0. The van der Waals surface area contributed by atoms with Crippen LogP contribution in [0.1, 0.15) is 69.7 Å². The zero-order valence-electron chi connectivity index (χ0n) is 21.3. The molecule has 9 nitrogen and oxygen atoms in total. The fraction of sp³-hybridized carbons (Fsp3) is 0.577. The molecule has 198 valence electrons. The van der Waals surface area contributed by atoms with Crippen molar-refractivity contribution in [1.82, 2.24) is 10.2 Å². The summed E-state index contributed by atoms with van der Waals surface area (Å²) in [5.41, 5.74) is 10.9. The van der Waals surface area contributed by atoms with Gasteiger partial charge in [0.15, 0.2) is 11.7 Å². The number of hydrogen-bond acceptors (Lipinski definition) is 5. The summed E-state index contributed by atoms with van der Waals surface area (Å²) in [6.45, 7) is 6.17. The van der Waals surface area contributed by atoms with Gasteiger partial charge in [-0.15, -0.1) is 0 Å². The lowest BCUT2D eigenvalue weighted by atomic mass is 9.89. The van der Waals surface area contributed by atoms with Gasteiger partial charge in [0.25, 0.3) is 5.91 Å². The Bertz CT molecular complexity index is 960. The Labute approximate surface area is 211 Å². The van der Waals surface area contributed by atoms with Crippen LogP contribution in [0.25, 0.3) is 0 Å². The molecule has 1 aliphatic heterocycles. The van der Waals surface area contributed by atoms with Crippen molar-refractivity contribution in [2.24, 2.45) is 28.3 Å². The van der Waals surface area contributed by atoms with Gasteiger partial charge in [0, 0.05) is 37.4 Å². The summed E-state index contributed by atoms with van der Waals surface area (Å²) in [5.74, 6) is -2.14. The van der Waals surface area contributed by atoms with Crippen molar-refractivity contribution < 1.29 is 23.6 Å². The molecule has 1 saturated heterocycles. The quantitative estimate of drug-likeness (QED) is 0.213. The monoisotopic (exact) mass is 503 g/mol. The van der Waals surface area contributed by atoms with Gasteiger partial charge in [-0.3, -0.25) is 24.2 Å². The highest BCUT2D eigenvalue weighted by Crippen LogP contribution is 2.25. The largest absolute Gasteiger partial charge is 0.370 e. The molecule has 1 aromatic carbocycles. The van der Waals surface area contributed by atoms with Gasteiger partial charge in [-0.05, 0) is 55.9 Å². The van der Waals surface area contributed by atoms with Gasteiger partial charge >= 0.3 is 0 Å². The molecule has 0 aliphatic carbocycles. The molecule has 0 saturated carbocycles. The molecule has 0 aromatic heterocycles. The van der Waals surface area contributed by atoms with Crippen molar-refractivity contribution >= 4 is 29.3 Å². The van der Waals surface area contributed by atoms with E-state index in [9.17, 15) is 23.6 Å². The Morgan fingerprint density at radius 2 is 1.83 bits per heavy atom. The molecule has 1 aromatic rings. The van der Waals surface area contributed by atoms with Crippen molar-refractivity contribution in [3.63, 3.8) is 0 Å². The van der Waals surface area contributed by atoms with Gasteiger partial charge in [-0.25, -0.2) is 4.39 Å². The Morgan fingerprint density at radius 1 is 1.17 bits per heavy atom. The van der Waals surface area contributed by atoms with Gasteiger partial charge in [0.2, 0.25) is 5.91 Å². The van der Waals surface area contributed by atoms with E-state index in [4.69, 9.17) is 11.5 Å². The van der Waals surface area contributed by atoms with Gasteiger partial charge in [-0.2, -0.15) is 0 Å². The number of hydrogen-bond donors (Lipinski definition) is 3. The first-order valence-electron chi connectivity index (χ1n) is 12.5. The van der Waals surface area contributed by atoms with E-state index in [1.54, 1.807) is 6.92 Å². The molecule has 3 atom stereocenters. The number of halogens is 1. The minimum absolute atomic E-state index is 0.00413. The van der Waals surface area contributed by atoms with Gasteiger partial charge in [0.1, 0.15) is 17.6 Å². The van der Waals surface area contributed by atoms with E-state index >= 15 is 0 Å². The number of carbonyl (C=O) groups is 4. The molecule has 2 amide bonds. The topological polar surface area (TPSA) is 148 Å². The van der Waals surface area contributed by atoms with E-state index in [0.29, 0.717) is 45.2 Å². The summed E-state index contributed by atoms with van der Waals surface area (Å²) in [4.78, 5) is 57.4. The summed E-state index contributed by atoms with van der Waals surface area (Å²) in [7, 11) is 0. The second kappa shape index (κ2) is 13.7. The highest BCUT2D eigenvalue weighted by atomic mass is 19.1. The number of likely N-dealkylation sites (tertiary alicyclic amines) is 1. The Kier molecular flexibility index (Phi) is 11.0. The van der Waals surface area contributed by atoms with Crippen molar-refractivity contribution in [3.8, 4) is 0 Å². The smallest absolute Gasteiger partial charge is 0.251 e. The Balaban J connectivity index is 2.09. The Hall–Kier alpha value is -3.30. The zero-order valence-corrected chi connectivity index (χ0v) is 21.3. The molecule has 36 heavy (non-hydrogen) atoms. The molecule has 0 radical (unpaired) electrons. The summed E-state index contributed by atoms with van der Waals surface area (Å²) < 4.78 is 13.2. The fourth-order valence-corrected chi connectivity index (χ4v) is 4.47. The van der Waals surface area contributed by atoms with Crippen LogP contribution in [0, 0.1) is 17.7 Å². The van der Waals surface area contributed by atoms with Crippen LogP contribution < -0.4 is 16.8 Å². The predicted molar refractivity (Wildman–Crippen MR) is 136 cm³/mol. The molecule has 0 unspecified atom stereocenters. The number of nitrogens with zero attached hydrogens (tertiary/aromatic N) is 2. The van der Waals surface area contributed by atoms with Crippen molar-refractivity contribution in [2.45, 2.75) is 71.4 Å². The second-order valence-corrected chi connectivity index (χ2v) is 9.53. The van der Waals surface area contributed by atoms with Gasteiger partial charge in [0.05, 0.1) is 6.04 Å². The predicted octanol–water partition coefficient (Wildman–Crippen LogP) is 2.18. The molecule has 10 heteroatoms. The minimum Gasteiger partial charge on any atom is -0.370 e. The molecule has 1 fully saturated rings. The number of Topliss-reactive ketones (excluding diaryl/α,β-unsaturated/α-hetero) is 2. The lowest BCUT2D eigenvalue weighted by molar-refractivity contribution is -0.140. The lowest BCUT2D eigenvalue weighted by Crippen LogP contribution is -2.54. The normalized spacial score (nSPS) is 16.9. The van der Waals surface area contributed by atoms with E-state index in [2.05, 4.69) is 10.3 Å². The Morgan fingerprint density at radius 3 is 2.42 bits per heavy atom. The van der Waals surface area contributed by atoms with Crippen LogP contribution in [0.5, 0.6) is 0 Å². The average Bonchev–Trinajstić information content (AvgIpc) is 3.33. The standard InChI is InChI=1S/C26H38FN5O4/c1-4-21(33)18(7-5-13-30-26(28)29)15-22(34)20-8-6-14-32(20)25(36)23(16(2)3)31-24(35)17-9-11-19(27)12-10-17/h9-12,16,18,20,23H,4-8,13-15H2,1-3H3,(H,31,35)(H4,28,29,30)/t18-,20+,23+/m1/s1. The highest BCUT2D eigenvalue weighted by Gasteiger charge is 2.39. The minimum atomic E-state index is -0.844. The van der Waals surface area contributed by atoms with Crippen LogP contribution in [-0.4, -0.2) is 59.4 Å². The average molecular weight is 504 g/mol. The lowest BCUT2D eigenvalue weighted by Gasteiger charge is -2.31. The third-order valence-corrected chi connectivity index (χ3v) is 6.49. The maximum atomic E-state index is 13.5. The number of rotatable bonds is 13. The van der Waals surface area contributed by atoms with E-state index in [0.717, 1.165) is 0 Å². The number of amides is 2. The van der Waals surface area contributed by atoms with Crippen LogP contribution in [0.4, 0.5) is 4.39 Å². The summed E-state index contributed by atoms with van der Waals surface area (Å²) in [5, 5.41) is 2.75.